The number of carbonyl (C=O) groups is 1. The van der Waals surface area contributed by atoms with Crippen LogP contribution in [0.1, 0.15) is 10.4 Å². The van der Waals surface area contributed by atoms with Gasteiger partial charge in [-0.05, 0) is 6.07 Å². The van der Waals surface area contributed by atoms with Gasteiger partial charge in [0.2, 0.25) is 0 Å². The van der Waals surface area contributed by atoms with Crippen molar-refractivity contribution in [2.45, 2.75) is 4.90 Å². The number of aromatic carboxylic acids is 1. The van der Waals surface area contributed by atoms with Gasteiger partial charge in [0.25, 0.3) is 0 Å². The molecule has 0 aliphatic rings. The summed E-state index contributed by atoms with van der Waals surface area (Å²) < 4.78 is 22.1. The van der Waals surface area contributed by atoms with Gasteiger partial charge in [-0.1, -0.05) is 18.2 Å². The van der Waals surface area contributed by atoms with Gasteiger partial charge >= 0.3 is 0 Å². The Kier molecular flexibility index (Phi) is 2.38. The lowest BCUT2D eigenvalue weighted by atomic mass is 10.2. The molecule has 0 atom stereocenters. The standard InChI is InChI=1S/C8H8O4S/c1-13(11,12)7-5-3-2-4-6(7)8(9)10/h2-5H,1H3,(H,9,10)/p-1. The molecule has 0 aliphatic heterocycles. The Hall–Kier alpha value is -1.36. The maximum atomic E-state index is 11.1. The second-order valence-corrected chi connectivity index (χ2v) is 4.54. The molecule has 0 saturated heterocycles. The first-order chi connectivity index (χ1) is 5.93. The zero-order chi connectivity index (χ0) is 10.1. The summed E-state index contributed by atoms with van der Waals surface area (Å²) in [7, 11) is -3.50. The highest BCUT2D eigenvalue weighted by atomic mass is 32.2. The van der Waals surface area contributed by atoms with E-state index in [1.807, 2.05) is 0 Å². The predicted octanol–water partition coefficient (Wildman–Crippen LogP) is -0.546. The minimum absolute atomic E-state index is 0.213. The molecular weight excluding hydrogens is 192 g/mol. The van der Waals surface area contributed by atoms with E-state index in [-0.39, 0.29) is 10.5 Å². The number of benzene rings is 1. The summed E-state index contributed by atoms with van der Waals surface area (Å²) in [5.41, 5.74) is -0.301. The first-order valence-corrected chi connectivity index (χ1v) is 5.32. The molecule has 0 heterocycles. The molecule has 0 N–H and O–H groups in total. The highest BCUT2D eigenvalue weighted by Crippen LogP contribution is 2.13. The van der Waals surface area contributed by atoms with E-state index in [4.69, 9.17) is 0 Å². The lowest BCUT2D eigenvalue weighted by molar-refractivity contribution is -0.255. The Balaban J connectivity index is 3.46. The summed E-state index contributed by atoms with van der Waals surface area (Å²) in [6, 6.07) is 5.34. The number of hydrogen-bond acceptors (Lipinski definition) is 4. The minimum atomic E-state index is -3.50. The number of carboxylic acid groups (broad SMARTS) is 1. The van der Waals surface area contributed by atoms with Gasteiger partial charge in [0.1, 0.15) is 0 Å². The quantitative estimate of drug-likeness (QED) is 0.640. The van der Waals surface area contributed by atoms with Crippen LogP contribution < -0.4 is 5.11 Å². The van der Waals surface area contributed by atoms with E-state index in [1.54, 1.807) is 0 Å². The second kappa shape index (κ2) is 3.18. The highest BCUT2D eigenvalue weighted by molar-refractivity contribution is 7.90. The van der Waals surface area contributed by atoms with Crippen molar-refractivity contribution in [3.8, 4) is 0 Å². The molecule has 13 heavy (non-hydrogen) atoms. The van der Waals surface area contributed by atoms with Gasteiger partial charge in [0.15, 0.2) is 9.84 Å². The molecule has 0 radical (unpaired) electrons. The van der Waals surface area contributed by atoms with E-state index in [1.165, 1.54) is 24.3 Å². The predicted molar refractivity (Wildman–Crippen MR) is 43.9 cm³/mol. The monoisotopic (exact) mass is 199 g/mol. The number of hydrogen-bond donors (Lipinski definition) is 0. The van der Waals surface area contributed by atoms with Crippen LogP contribution in [0.3, 0.4) is 0 Å². The molecule has 1 aromatic carbocycles. The summed E-state index contributed by atoms with van der Waals surface area (Å²) in [5, 5.41) is 10.5. The van der Waals surface area contributed by atoms with Gasteiger partial charge in [-0.15, -0.1) is 0 Å². The van der Waals surface area contributed by atoms with Crippen molar-refractivity contribution in [2.75, 3.05) is 6.26 Å². The van der Waals surface area contributed by atoms with E-state index in [0.717, 1.165) is 6.26 Å². The Bertz CT molecular complexity index is 433. The summed E-state index contributed by atoms with van der Waals surface area (Å²) in [4.78, 5) is 10.3. The number of sulfone groups is 1. The van der Waals surface area contributed by atoms with Crippen molar-refractivity contribution < 1.29 is 18.3 Å². The van der Waals surface area contributed by atoms with Crippen molar-refractivity contribution in [2.24, 2.45) is 0 Å². The Morgan fingerprint density at radius 1 is 1.31 bits per heavy atom. The van der Waals surface area contributed by atoms with Crippen LogP contribution in [0, 0.1) is 0 Å². The van der Waals surface area contributed by atoms with E-state index in [0.29, 0.717) is 0 Å². The van der Waals surface area contributed by atoms with Crippen molar-refractivity contribution in [1.29, 1.82) is 0 Å². The largest absolute Gasteiger partial charge is 0.545 e. The number of carboxylic acids is 1. The van der Waals surface area contributed by atoms with Gasteiger partial charge in [-0.2, -0.15) is 0 Å². The van der Waals surface area contributed by atoms with Gasteiger partial charge in [0.05, 0.1) is 10.9 Å². The van der Waals surface area contributed by atoms with Crippen LogP contribution in [0.5, 0.6) is 0 Å². The summed E-state index contributed by atoms with van der Waals surface area (Å²) in [6.45, 7) is 0. The Morgan fingerprint density at radius 2 is 1.85 bits per heavy atom. The smallest absolute Gasteiger partial charge is 0.176 e. The van der Waals surface area contributed by atoms with Crippen LogP contribution in [-0.4, -0.2) is 20.6 Å². The van der Waals surface area contributed by atoms with E-state index < -0.39 is 15.8 Å². The van der Waals surface area contributed by atoms with Crippen LogP contribution in [0.15, 0.2) is 29.2 Å². The molecular formula is C8H7O4S-. The second-order valence-electron chi connectivity index (χ2n) is 2.56. The van der Waals surface area contributed by atoms with Crippen LogP contribution in [0.4, 0.5) is 0 Å². The third kappa shape index (κ3) is 2.06. The van der Waals surface area contributed by atoms with E-state index in [2.05, 4.69) is 0 Å². The lowest BCUT2D eigenvalue weighted by Crippen LogP contribution is -2.24. The maximum Gasteiger partial charge on any atom is 0.176 e. The third-order valence-electron chi connectivity index (χ3n) is 1.51. The topological polar surface area (TPSA) is 74.3 Å². The maximum absolute atomic E-state index is 11.1. The van der Waals surface area contributed by atoms with Gasteiger partial charge in [0, 0.05) is 11.8 Å². The molecule has 0 amide bonds. The fourth-order valence-corrected chi connectivity index (χ4v) is 1.84. The molecule has 0 unspecified atom stereocenters. The third-order valence-corrected chi connectivity index (χ3v) is 2.66. The first-order valence-electron chi connectivity index (χ1n) is 3.43. The van der Waals surface area contributed by atoms with Crippen LogP contribution in [0.25, 0.3) is 0 Å². The summed E-state index contributed by atoms with van der Waals surface area (Å²) in [6.07, 6.45) is 0.953. The fraction of sp³-hybridized carbons (Fsp3) is 0.125. The van der Waals surface area contributed by atoms with Crippen molar-refractivity contribution >= 4 is 15.8 Å². The Morgan fingerprint density at radius 3 is 2.23 bits per heavy atom. The molecule has 1 rings (SSSR count). The number of rotatable bonds is 2. The normalized spacial score (nSPS) is 11.2. The van der Waals surface area contributed by atoms with Crippen LogP contribution in [-0.2, 0) is 9.84 Å². The zero-order valence-electron chi connectivity index (χ0n) is 6.85. The molecule has 5 heteroatoms. The average molecular weight is 199 g/mol. The molecule has 0 spiro atoms. The van der Waals surface area contributed by atoms with E-state index >= 15 is 0 Å². The number of carbonyl (C=O) groups excluding carboxylic acids is 1. The van der Waals surface area contributed by atoms with Crippen LogP contribution >= 0.6 is 0 Å². The van der Waals surface area contributed by atoms with Crippen LogP contribution in [0.2, 0.25) is 0 Å². The summed E-state index contributed by atoms with van der Waals surface area (Å²) >= 11 is 0. The molecule has 1 aromatic rings. The SMILES string of the molecule is CS(=O)(=O)c1ccccc1C(=O)[O-]. The minimum Gasteiger partial charge on any atom is -0.545 e. The Labute approximate surface area is 75.7 Å². The molecule has 70 valence electrons. The zero-order valence-corrected chi connectivity index (χ0v) is 7.67. The molecule has 0 aromatic heterocycles. The molecule has 0 saturated carbocycles. The van der Waals surface area contributed by atoms with Crippen molar-refractivity contribution in [1.82, 2.24) is 0 Å². The highest BCUT2D eigenvalue weighted by Gasteiger charge is 2.12. The van der Waals surface area contributed by atoms with Gasteiger partial charge in [-0.25, -0.2) is 8.42 Å². The lowest BCUT2D eigenvalue weighted by Gasteiger charge is -2.07. The molecule has 4 nitrogen and oxygen atoms in total. The van der Waals surface area contributed by atoms with Crippen molar-refractivity contribution in [3.63, 3.8) is 0 Å². The molecule has 0 bridgehead atoms. The fourth-order valence-electron chi connectivity index (χ4n) is 0.959. The van der Waals surface area contributed by atoms with Gasteiger partial charge < -0.3 is 9.90 Å². The molecule has 0 aliphatic carbocycles. The van der Waals surface area contributed by atoms with Crippen molar-refractivity contribution in [3.05, 3.63) is 29.8 Å². The summed E-state index contributed by atoms with van der Waals surface area (Å²) in [5.74, 6) is -1.49. The molecule has 0 fully saturated rings. The first kappa shape index (κ1) is 9.73. The average Bonchev–Trinajstić information content (AvgIpc) is 2.03. The van der Waals surface area contributed by atoms with Gasteiger partial charge in [-0.3, -0.25) is 0 Å². The van der Waals surface area contributed by atoms with E-state index in [9.17, 15) is 18.3 Å².